The van der Waals surface area contributed by atoms with Crippen molar-refractivity contribution in [2.45, 2.75) is 70.4 Å². The summed E-state index contributed by atoms with van der Waals surface area (Å²) in [6.45, 7) is 4.64. The number of nitrogens with one attached hydrogen (secondary N) is 1. The highest BCUT2D eigenvalue weighted by atomic mass is 35.5. The molecule has 0 atom stereocenters. The summed E-state index contributed by atoms with van der Waals surface area (Å²) in [7, 11) is 0. The molecule has 2 saturated carbocycles. The summed E-state index contributed by atoms with van der Waals surface area (Å²) < 4.78 is 0. The Morgan fingerprint density at radius 3 is 2.46 bits per heavy atom. The molecule has 3 heterocycles. The van der Waals surface area contributed by atoms with E-state index in [2.05, 4.69) is 25.2 Å². The van der Waals surface area contributed by atoms with Crippen molar-refractivity contribution >= 4 is 39.1 Å². The summed E-state index contributed by atoms with van der Waals surface area (Å²) in [5.74, 6) is 0.807. The van der Waals surface area contributed by atoms with Crippen molar-refractivity contribution in [1.29, 1.82) is 0 Å². The topological polar surface area (TPSA) is 53.9 Å². The molecule has 0 unspecified atom stereocenters. The summed E-state index contributed by atoms with van der Waals surface area (Å²) in [5.41, 5.74) is 1.64. The Labute approximate surface area is 163 Å². The zero-order valence-corrected chi connectivity index (χ0v) is 16.9. The minimum atomic E-state index is 0.305. The predicted molar refractivity (Wildman–Crippen MR) is 107 cm³/mol. The number of piperidine rings is 1. The maximum atomic E-state index is 6.11. The molecule has 0 radical (unpaired) electrons. The van der Waals surface area contributed by atoms with Crippen LogP contribution in [-0.4, -0.2) is 45.0 Å². The Kier molecular flexibility index (Phi) is 4.33. The van der Waals surface area contributed by atoms with Gasteiger partial charge in [-0.3, -0.25) is 0 Å². The third-order valence-electron chi connectivity index (χ3n) is 6.71. The van der Waals surface area contributed by atoms with Crippen molar-refractivity contribution in [1.82, 2.24) is 19.9 Å². The average Bonchev–Trinajstić information content (AvgIpc) is 3.27. The number of hydrogen-bond donors (Lipinski definition) is 1. The Bertz CT molecular complexity index is 800. The van der Waals surface area contributed by atoms with E-state index in [9.17, 15) is 0 Å². The van der Waals surface area contributed by atoms with Gasteiger partial charge in [-0.2, -0.15) is 4.98 Å². The third-order valence-corrected chi connectivity index (χ3v) is 7.74. The normalized spacial score (nSPS) is 28.5. The van der Waals surface area contributed by atoms with Crippen LogP contribution in [0.1, 0.15) is 56.4 Å². The highest BCUT2D eigenvalue weighted by Crippen LogP contribution is 2.54. The number of rotatable bonds is 3. The molecule has 2 aromatic rings. The van der Waals surface area contributed by atoms with E-state index in [0.717, 1.165) is 32.6 Å². The number of halogens is 1. The molecule has 140 valence electrons. The van der Waals surface area contributed by atoms with E-state index in [1.54, 1.807) is 11.3 Å². The van der Waals surface area contributed by atoms with Crippen molar-refractivity contribution in [3.05, 3.63) is 10.3 Å². The molecule has 0 aromatic carbocycles. The van der Waals surface area contributed by atoms with Gasteiger partial charge in [0.25, 0.3) is 0 Å². The van der Waals surface area contributed by atoms with Crippen LogP contribution in [0, 0.1) is 12.3 Å². The van der Waals surface area contributed by atoms with E-state index < -0.39 is 0 Å². The summed E-state index contributed by atoms with van der Waals surface area (Å²) in [6.07, 6.45) is 10.8. The van der Waals surface area contributed by atoms with E-state index in [-0.39, 0.29) is 0 Å². The van der Waals surface area contributed by atoms with Crippen LogP contribution in [0.4, 0.5) is 5.82 Å². The summed E-state index contributed by atoms with van der Waals surface area (Å²) >= 11 is 7.69. The van der Waals surface area contributed by atoms with Gasteiger partial charge in [0.2, 0.25) is 5.28 Å². The number of anilines is 1. The molecule has 2 aromatic heterocycles. The maximum absolute atomic E-state index is 6.11. The largest absolute Gasteiger partial charge is 0.365 e. The van der Waals surface area contributed by atoms with Crippen LogP contribution in [-0.2, 0) is 0 Å². The van der Waals surface area contributed by atoms with Gasteiger partial charge in [-0.15, -0.1) is 0 Å². The first kappa shape index (κ1) is 17.1. The van der Waals surface area contributed by atoms with Gasteiger partial charge in [-0.25, -0.2) is 9.97 Å². The first-order valence-electron chi connectivity index (χ1n) is 9.92. The second-order valence-electron chi connectivity index (χ2n) is 8.41. The lowest BCUT2D eigenvalue weighted by molar-refractivity contribution is 0.0975. The van der Waals surface area contributed by atoms with Crippen LogP contribution in [0.5, 0.6) is 0 Å². The zero-order valence-electron chi connectivity index (χ0n) is 15.3. The monoisotopic (exact) mass is 391 g/mol. The van der Waals surface area contributed by atoms with Gasteiger partial charge in [0.15, 0.2) is 10.6 Å². The molecule has 5 rings (SSSR count). The molecule has 1 aliphatic heterocycles. The summed E-state index contributed by atoms with van der Waals surface area (Å²) in [6, 6.07) is 1.24. The summed E-state index contributed by atoms with van der Waals surface area (Å²) in [4.78, 5) is 17.0. The quantitative estimate of drug-likeness (QED) is 0.772. The van der Waals surface area contributed by atoms with E-state index in [1.165, 1.54) is 64.5 Å². The number of fused-ring (bicyclic) bond motifs is 1. The van der Waals surface area contributed by atoms with Gasteiger partial charge in [0.05, 0.1) is 5.01 Å². The fourth-order valence-corrected chi connectivity index (χ4v) is 5.83. The lowest BCUT2D eigenvalue weighted by Crippen LogP contribution is -2.45. The van der Waals surface area contributed by atoms with Crippen molar-refractivity contribution in [2.75, 3.05) is 18.4 Å². The molecule has 5 nitrogen and oxygen atoms in total. The molecule has 0 bridgehead atoms. The number of thiazole rings is 1. The zero-order chi connectivity index (χ0) is 17.7. The lowest BCUT2D eigenvalue weighted by Gasteiger charge is -2.41. The second kappa shape index (κ2) is 6.57. The smallest absolute Gasteiger partial charge is 0.225 e. The molecule has 26 heavy (non-hydrogen) atoms. The predicted octanol–water partition coefficient (Wildman–Crippen LogP) is 4.65. The number of nitrogens with zero attached hydrogens (tertiary/aromatic N) is 4. The molecule has 7 heteroatoms. The van der Waals surface area contributed by atoms with Gasteiger partial charge >= 0.3 is 0 Å². The summed E-state index contributed by atoms with van der Waals surface area (Å²) in [5, 5.41) is 4.92. The molecule has 1 N–H and O–H groups in total. The minimum absolute atomic E-state index is 0.305. The third kappa shape index (κ3) is 3.32. The second-order valence-corrected chi connectivity index (χ2v) is 9.93. The van der Waals surface area contributed by atoms with E-state index in [0.29, 0.717) is 11.3 Å². The minimum Gasteiger partial charge on any atom is -0.365 e. The van der Waals surface area contributed by atoms with Crippen molar-refractivity contribution < 1.29 is 0 Å². The molecule has 3 fully saturated rings. The first-order valence-corrected chi connectivity index (χ1v) is 11.1. The Morgan fingerprint density at radius 2 is 1.77 bits per heavy atom. The molecule has 0 amide bonds. The SMILES string of the molecule is Cc1nc2c(N[C@H]3CC[C@H](N4CCC5(CC4)CC5)CC3)nc(Cl)nc2s1. The van der Waals surface area contributed by atoms with Crippen LogP contribution in [0.2, 0.25) is 5.28 Å². The van der Waals surface area contributed by atoms with Crippen LogP contribution < -0.4 is 5.32 Å². The van der Waals surface area contributed by atoms with Gasteiger partial charge in [0.1, 0.15) is 5.52 Å². The Morgan fingerprint density at radius 1 is 1.04 bits per heavy atom. The average molecular weight is 392 g/mol. The fourth-order valence-electron chi connectivity index (χ4n) is 4.82. The van der Waals surface area contributed by atoms with E-state index in [1.807, 2.05) is 6.92 Å². The standard InChI is InChI=1S/C19H26ClN5S/c1-12-21-15-16(23-18(20)24-17(15)26-12)22-13-2-4-14(5-3-13)25-10-8-19(6-7-19)9-11-25/h13-14H,2-11H2,1H3,(H,22,23,24)/t13-,14-. The van der Waals surface area contributed by atoms with Gasteiger partial charge < -0.3 is 10.2 Å². The van der Waals surface area contributed by atoms with Gasteiger partial charge in [0, 0.05) is 12.1 Å². The fraction of sp³-hybridized carbons (Fsp3) is 0.737. The van der Waals surface area contributed by atoms with E-state index in [4.69, 9.17) is 11.6 Å². The lowest BCUT2D eigenvalue weighted by atomic mass is 9.87. The molecule has 1 spiro atoms. The number of aromatic nitrogens is 3. The molecular weight excluding hydrogens is 366 g/mol. The highest BCUT2D eigenvalue weighted by molar-refractivity contribution is 7.18. The Balaban J connectivity index is 1.21. The van der Waals surface area contributed by atoms with Crippen molar-refractivity contribution in [3.63, 3.8) is 0 Å². The molecular formula is C19H26ClN5S. The number of hydrogen-bond acceptors (Lipinski definition) is 6. The molecule has 3 aliphatic rings. The molecule has 2 aliphatic carbocycles. The van der Waals surface area contributed by atoms with Crippen LogP contribution in [0.25, 0.3) is 10.3 Å². The first-order chi connectivity index (χ1) is 12.6. The Hall–Kier alpha value is -0.980. The molecule has 1 saturated heterocycles. The van der Waals surface area contributed by atoms with Crippen LogP contribution in [0.15, 0.2) is 0 Å². The van der Waals surface area contributed by atoms with E-state index >= 15 is 0 Å². The van der Waals surface area contributed by atoms with Gasteiger partial charge in [-0.05, 0) is 88.4 Å². The van der Waals surface area contributed by atoms with Crippen molar-refractivity contribution in [2.24, 2.45) is 5.41 Å². The highest BCUT2D eigenvalue weighted by Gasteiger charge is 2.45. The van der Waals surface area contributed by atoms with Crippen molar-refractivity contribution in [3.8, 4) is 0 Å². The maximum Gasteiger partial charge on any atom is 0.225 e. The number of aryl methyl sites for hydroxylation is 1. The van der Waals surface area contributed by atoms with Crippen LogP contribution >= 0.6 is 22.9 Å². The number of likely N-dealkylation sites (tertiary alicyclic amines) is 1. The van der Waals surface area contributed by atoms with Gasteiger partial charge in [-0.1, -0.05) is 11.3 Å². The van der Waals surface area contributed by atoms with Crippen LogP contribution in [0.3, 0.4) is 0 Å².